The number of aromatic nitrogens is 3. The lowest BCUT2D eigenvalue weighted by Crippen LogP contribution is -2.00. The summed E-state index contributed by atoms with van der Waals surface area (Å²) in [5.41, 5.74) is 13.4. The van der Waals surface area contributed by atoms with Crippen LogP contribution in [0.3, 0.4) is 0 Å². The van der Waals surface area contributed by atoms with Gasteiger partial charge < -0.3 is 4.42 Å². The van der Waals surface area contributed by atoms with Crippen molar-refractivity contribution in [3.05, 3.63) is 200 Å². The van der Waals surface area contributed by atoms with Crippen LogP contribution in [-0.2, 0) is 0 Å². The van der Waals surface area contributed by atoms with Crippen molar-refractivity contribution in [2.24, 2.45) is 0 Å². The average Bonchev–Trinajstić information content (AvgIpc) is 3.66. The molecule has 0 saturated heterocycles. The quantitative estimate of drug-likeness (QED) is 0.166. The number of hydrogen-bond donors (Lipinski definition) is 0. The fourth-order valence-corrected chi connectivity index (χ4v) is 7.35. The van der Waals surface area contributed by atoms with Gasteiger partial charge in [0.15, 0.2) is 17.5 Å². The first-order valence-corrected chi connectivity index (χ1v) is 18.4. The Kier molecular flexibility index (Phi) is 8.12. The third-order valence-electron chi connectivity index (χ3n) is 10.2. The lowest BCUT2D eigenvalue weighted by Gasteiger charge is -2.10. The van der Waals surface area contributed by atoms with E-state index in [2.05, 4.69) is 158 Å². The van der Waals surface area contributed by atoms with E-state index in [1.807, 2.05) is 42.5 Å². The molecule has 8 aromatic carbocycles. The monoisotopic (exact) mass is 703 g/mol. The molecule has 0 aliphatic heterocycles. The molecular formula is C51H33N3O. The Hall–Kier alpha value is -7.43. The fourth-order valence-electron chi connectivity index (χ4n) is 7.35. The zero-order valence-electron chi connectivity index (χ0n) is 29.8. The lowest BCUT2D eigenvalue weighted by molar-refractivity contribution is 0.671. The smallest absolute Gasteiger partial charge is 0.164 e. The summed E-state index contributed by atoms with van der Waals surface area (Å²) in [5.74, 6) is 1.88. The zero-order chi connectivity index (χ0) is 36.6. The predicted octanol–water partition coefficient (Wildman–Crippen LogP) is 13.4. The Bertz CT molecular complexity index is 2920. The molecule has 0 fully saturated rings. The molecule has 2 aromatic heterocycles. The van der Waals surface area contributed by atoms with Gasteiger partial charge in [0.2, 0.25) is 0 Å². The second-order valence-electron chi connectivity index (χ2n) is 13.6. The normalized spacial score (nSPS) is 11.3. The van der Waals surface area contributed by atoms with Crippen LogP contribution in [0, 0.1) is 0 Å². The van der Waals surface area contributed by atoms with Gasteiger partial charge in [0.05, 0.1) is 0 Å². The zero-order valence-corrected chi connectivity index (χ0v) is 29.8. The molecule has 0 spiro atoms. The van der Waals surface area contributed by atoms with Crippen molar-refractivity contribution in [1.82, 2.24) is 15.0 Å². The third kappa shape index (κ3) is 6.16. The molecule has 55 heavy (non-hydrogen) atoms. The minimum absolute atomic E-state index is 0.616. The molecule has 258 valence electrons. The Labute approximate surface area is 319 Å². The van der Waals surface area contributed by atoms with Gasteiger partial charge in [-0.2, -0.15) is 0 Å². The van der Waals surface area contributed by atoms with Gasteiger partial charge in [0, 0.05) is 38.6 Å². The van der Waals surface area contributed by atoms with Crippen molar-refractivity contribution in [3.8, 4) is 78.7 Å². The largest absolute Gasteiger partial charge is 0.455 e. The van der Waals surface area contributed by atoms with Crippen LogP contribution in [0.5, 0.6) is 0 Å². The van der Waals surface area contributed by atoms with E-state index in [0.717, 1.165) is 72.0 Å². The second kappa shape index (κ2) is 13.8. The van der Waals surface area contributed by atoms with Gasteiger partial charge in [-0.1, -0.05) is 188 Å². The highest BCUT2D eigenvalue weighted by molar-refractivity contribution is 6.14. The summed E-state index contributed by atoms with van der Waals surface area (Å²) in [6.07, 6.45) is 0. The fraction of sp³-hybridized carbons (Fsp3) is 0. The summed E-state index contributed by atoms with van der Waals surface area (Å²) in [5, 5.41) is 2.18. The van der Waals surface area contributed by atoms with Crippen LogP contribution in [-0.4, -0.2) is 15.0 Å². The van der Waals surface area contributed by atoms with Crippen molar-refractivity contribution in [1.29, 1.82) is 0 Å². The van der Waals surface area contributed by atoms with E-state index in [1.165, 1.54) is 11.1 Å². The first-order valence-electron chi connectivity index (χ1n) is 18.4. The molecule has 0 saturated carbocycles. The Morgan fingerprint density at radius 3 is 1.18 bits per heavy atom. The number of para-hydroxylation sites is 1. The van der Waals surface area contributed by atoms with E-state index in [9.17, 15) is 0 Å². The van der Waals surface area contributed by atoms with Crippen LogP contribution >= 0.6 is 0 Å². The molecule has 0 aliphatic rings. The van der Waals surface area contributed by atoms with Crippen LogP contribution < -0.4 is 0 Å². The molecule has 4 heteroatoms. The number of fused-ring (bicyclic) bond motifs is 3. The summed E-state index contributed by atoms with van der Waals surface area (Å²) in [6, 6.07) is 69.2. The van der Waals surface area contributed by atoms with Gasteiger partial charge in [0.1, 0.15) is 11.2 Å². The summed E-state index contributed by atoms with van der Waals surface area (Å²) in [6.45, 7) is 0. The van der Waals surface area contributed by atoms with Crippen LogP contribution in [0.4, 0.5) is 0 Å². The first-order chi connectivity index (χ1) is 27.2. The molecule has 0 aliphatic carbocycles. The van der Waals surface area contributed by atoms with E-state index in [4.69, 9.17) is 19.4 Å². The van der Waals surface area contributed by atoms with Gasteiger partial charge in [0.25, 0.3) is 0 Å². The van der Waals surface area contributed by atoms with Gasteiger partial charge in [-0.05, 0) is 45.5 Å². The van der Waals surface area contributed by atoms with Crippen LogP contribution in [0.1, 0.15) is 0 Å². The SMILES string of the molecule is c1ccc(-c2ccc(-c3nc(-c4ccccc4)nc(-c4ccc(-c5cccc6c5oc5c(-c7ccccc7)cc(-c7ccccc7)cc56)cc4)n3)cc2)cc1. The van der Waals surface area contributed by atoms with Gasteiger partial charge in [-0.25, -0.2) is 15.0 Å². The molecule has 0 bridgehead atoms. The standard InChI is InChI=1S/C51H33N3O/c1-5-14-34(15-6-1)36-24-28-40(29-25-36)50-52-49(39-20-11-4-12-21-39)53-51(54-50)41-30-26-38(27-31-41)43-22-13-23-44-46-33-42(35-16-7-2-8-17-35)32-45(48(46)55-47(43)44)37-18-9-3-10-19-37/h1-33H. The van der Waals surface area contributed by atoms with Crippen LogP contribution in [0.15, 0.2) is 205 Å². The Morgan fingerprint density at radius 1 is 0.255 bits per heavy atom. The molecule has 10 rings (SSSR count). The van der Waals surface area contributed by atoms with Crippen molar-refractivity contribution in [2.75, 3.05) is 0 Å². The maximum atomic E-state index is 6.86. The van der Waals surface area contributed by atoms with Crippen molar-refractivity contribution in [3.63, 3.8) is 0 Å². The summed E-state index contributed by atoms with van der Waals surface area (Å²) in [4.78, 5) is 14.9. The van der Waals surface area contributed by atoms with Crippen LogP contribution in [0.2, 0.25) is 0 Å². The summed E-state index contributed by atoms with van der Waals surface area (Å²) < 4.78 is 6.86. The van der Waals surface area contributed by atoms with E-state index >= 15 is 0 Å². The Balaban J connectivity index is 1.06. The molecule has 10 aromatic rings. The highest BCUT2D eigenvalue weighted by Crippen LogP contribution is 2.42. The van der Waals surface area contributed by atoms with Crippen molar-refractivity contribution in [2.45, 2.75) is 0 Å². The molecule has 4 nitrogen and oxygen atoms in total. The molecule has 2 heterocycles. The summed E-state index contributed by atoms with van der Waals surface area (Å²) >= 11 is 0. The molecule has 0 radical (unpaired) electrons. The average molecular weight is 704 g/mol. The third-order valence-corrected chi connectivity index (χ3v) is 10.2. The van der Waals surface area contributed by atoms with Crippen molar-refractivity contribution >= 4 is 21.9 Å². The van der Waals surface area contributed by atoms with Gasteiger partial charge >= 0.3 is 0 Å². The molecule has 0 N–H and O–H groups in total. The topological polar surface area (TPSA) is 51.8 Å². The minimum atomic E-state index is 0.616. The Morgan fingerprint density at radius 2 is 0.636 bits per heavy atom. The molecule has 0 amide bonds. The van der Waals surface area contributed by atoms with E-state index in [1.54, 1.807) is 0 Å². The van der Waals surface area contributed by atoms with E-state index in [0.29, 0.717) is 17.5 Å². The summed E-state index contributed by atoms with van der Waals surface area (Å²) in [7, 11) is 0. The number of rotatable bonds is 7. The van der Waals surface area contributed by atoms with Crippen LogP contribution in [0.25, 0.3) is 101 Å². The molecular weight excluding hydrogens is 671 g/mol. The number of furan rings is 1. The highest BCUT2D eigenvalue weighted by atomic mass is 16.3. The van der Waals surface area contributed by atoms with E-state index < -0.39 is 0 Å². The molecule has 0 unspecified atom stereocenters. The van der Waals surface area contributed by atoms with Gasteiger partial charge in [-0.15, -0.1) is 0 Å². The van der Waals surface area contributed by atoms with E-state index in [-0.39, 0.29) is 0 Å². The van der Waals surface area contributed by atoms with Crippen molar-refractivity contribution < 1.29 is 4.42 Å². The number of benzene rings is 8. The first kappa shape index (κ1) is 32.2. The maximum Gasteiger partial charge on any atom is 0.164 e. The van der Waals surface area contributed by atoms with Gasteiger partial charge in [-0.3, -0.25) is 0 Å². The maximum absolute atomic E-state index is 6.86. The number of hydrogen-bond acceptors (Lipinski definition) is 4. The predicted molar refractivity (Wildman–Crippen MR) is 225 cm³/mol. The number of nitrogens with zero attached hydrogens (tertiary/aromatic N) is 3. The highest BCUT2D eigenvalue weighted by Gasteiger charge is 2.18. The second-order valence-corrected chi connectivity index (χ2v) is 13.6. The minimum Gasteiger partial charge on any atom is -0.455 e. The molecule has 0 atom stereocenters. The lowest BCUT2D eigenvalue weighted by atomic mass is 9.95.